The maximum absolute atomic E-state index is 12.5. The lowest BCUT2D eigenvalue weighted by Gasteiger charge is -2.05. The number of rotatable bonds is 3. The van der Waals surface area contributed by atoms with Crippen molar-refractivity contribution >= 4 is 11.5 Å². The molecule has 0 heterocycles. The van der Waals surface area contributed by atoms with Crippen LogP contribution in [0, 0.1) is 0 Å². The van der Waals surface area contributed by atoms with Crippen LogP contribution in [-0.4, -0.2) is 5.78 Å². The second-order valence-corrected chi connectivity index (χ2v) is 3.34. The van der Waals surface area contributed by atoms with Gasteiger partial charge in [-0.25, -0.2) is 5.54 Å². The summed E-state index contributed by atoms with van der Waals surface area (Å²) in [5.74, 6) is -0.193. The van der Waals surface area contributed by atoms with Crippen LogP contribution in [0.15, 0.2) is 54.6 Å². The number of halogens is 1. The van der Waals surface area contributed by atoms with Gasteiger partial charge in [-0.15, -0.1) is 4.48 Å². The topological polar surface area (TPSA) is 29.1 Å². The third-order valence-corrected chi connectivity index (χ3v) is 2.31. The van der Waals surface area contributed by atoms with E-state index in [-0.39, 0.29) is 11.5 Å². The normalized spacial score (nSPS) is 9.81. The molecule has 0 aliphatic rings. The van der Waals surface area contributed by atoms with Gasteiger partial charge >= 0.3 is 0 Å². The smallest absolute Gasteiger partial charge is 0.195 e. The Morgan fingerprint density at radius 2 is 1.56 bits per heavy atom. The van der Waals surface area contributed by atoms with Crippen LogP contribution in [0.3, 0.4) is 0 Å². The van der Waals surface area contributed by atoms with Crippen molar-refractivity contribution in [1.29, 1.82) is 0 Å². The fraction of sp³-hybridized carbons (Fsp3) is 0. The molecule has 0 saturated carbocycles. The molecule has 2 aromatic carbocycles. The summed E-state index contributed by atoms with van der Waals surface area (Å²) in [5.41, 5.74) is 2.59. The molecule has 0 bridgehead atoms. The van der Waals surface area contributed by atoms with Gasteiger partial charge in [0.2, 0.25) is 0 Å². The third-order valence-electron chi connectivity index (χ3n) is 2.31. The van der Waals surface area contributed by atoms with Crippen LogP contribution in [0.25, 0.3) is 0 Å². The average molecular weight is 215 g/mol. The molecule has 3 heteroatoms. The predicted molar refractivity (Wildman–Crippen MR) is 61.0 cm³/mol. The zero-order valence-corrected chi connectivity index (χ0v) is 8.48. The predicted octanol–water partition coefficient (Wildman–Crippen LogP) is 3.21. The van der Waals surface area contributed by atoms with Crippen LogP contribution in [0.2, 0.25) is 0 Å². The molecule has 0 aliphatic carbocycles. The van der Waals surface area contributed by atoms with Crippen LogP contribution < -0.4 is 5.54 Å². The summed E-state index contributed by atoms with van der Waals surface area (Å²) in [7, 11) is 0. The van der Waals surface area contributed by atoms with Crippen molar-refractivity contribution in [3.8, 4) is 0 Å². The van der Waals surface area contributed by atoms with Crippen LogP contribution >= 0.6 is 0 Å². The molecule has 0 atom stereocenters. The first kappa shape index (κ1) is 10.4. The van der Waals surface area contributed by atoms with Gasteiger partial charge in [0.25, 0.3) is 0 Å². The summed E-state index contributed by atoms with van der Waals surface area (Å²) in [5, 5.41) is 0. The molecule has 0 aromatic heterocycles. The van der Waals surface area contributed by atoms with Gasteiger partial charge in [0.05, 0.1) is 5.69 Å². The minimum absolute atomic E-state index is 0.191. The quantitative estimate of drug-likeness (QED) is 0.629. The third kappa shape index (κ3) is 1.93. The lowest BCUT2D eigenvalue weighted by Crippen LogP contribution is -2.03. The van der Waals surface area contributed by atoms with Crippen LogP contribution in [0.1, 0.15) is 15.9 Å². The Hall–Kier alpha value is -2.16. The van der Waals surface area contributed by atoms with E-state index in [1.807, 2.05) is 6.07 Å². The average Bonchev–Trinajstić information content (AvgIpc) is 2.39. The molecule has 1 N–H and O–H groups in total. The highest BCUT2D eigenvalue weighted by molar-refractivity contribution is 6.12. The molecule has 16 heavy (non-hydrogen) atoms. The van der Waals surface area contributed by atoms with E-state index >= 15 is 0 Å². The van der Waals surface area contributed by atoms with Crippen LogP contribution in [-0.2, 0) is 0 Å². The van der Waals surface area contributed by atoms with Gasteiger partial charge in [0, 0.05) is 11.1 Å². The van der Waals surface area contributed by atoms with Crippen molar-refractivity contribution in [1.82, 2.24) is 0 Å². The van der Waals surface area contributed by atoms with Gasteiger partial charge < -0.3 is 0 Å². The monoisotopic (exact) mass is 215 g/mol. The number of anilines is 1. The van der Waals surface area contributed by atoms with Crippen molar-refractivity contribution in [2.45, 2.75) is 0 Å². The molecule has 0 saturated heterocycles. The molecular weight excluding hydrogens is 205 g/mol. The van der Waals surface area contributed by atoms with Gasteiger partial charge in [-0.05, 0) is 12.1 Å². The fourth-order valence-corrected chi connectivity index (χ4v) is 1.51. The van der Waals surface area contributed by atoms with Gasteiger partial charge in [-0.1, -0.05) is 42.5 Å². The number of hydrogen-bond donors (Lipinski definition) is 1. The molecule has 0 unspecified atom stereocenters. The fourth-order valence-electron chi connectivity index (χ4n) is 1.51. The summed E-state index contributed by atoms with van der Waals surface area (Å²) < 4.78 is 12.5. The van der Waals surface area contributed by atoms with E-state index in [1.54, 1.807) is 42.5 Å². The molecule has 0 aliphatic heterocycles. The van der Waals surface area contributed by atoms with Crippen LogP contribution in [0.4, 0.5) is 10.2 Å². The number of para-hydroxylation sites is 1. The van der Waals surface area contributed by atoms with E-state index < -0.39 is 0 Å². The van der Waals surface area contributed by atoms with Crippen molar-refractivity contribution in [3.05, 3.63) is 65.7 Å². The number of hydrogen-bond acceptors (Lipinski definition) is 2. The van der Waals surface area contributed by atoms with Crippen LogP contribution in [0.5, 0.6) is 0 Å². The molecule has 2 rings (SSSR count). The Kier molecular flexibility index (Phi) is 2.96. The van der Waals surface area contributed by atoms with E-state index in [0.29, 0.717) is 11.1 Å². The summed E-state index contributed by atoms with van der Waals surface area (Å²) in [6.45, 7) is 0. The van der Waals surface area contributed by atoms with E-state index in [9.17, 15) is 9.28 Å². The van der Waals surface area contributed by atoms with E-state index in [4.69, 9.17) is 0 Å². The minimum Gasteiger partial charge on any atom is -0.289 e. The zero-order chi connectivity index (χ0) is 11.4. The SMILES string of the molecule is O=C(c1ccccc1)c1ccccc1NF. The number of ketones is 1. The Balaban J connectivity index is 2.42. The lowest BCUT2D eigenvalue weighted by molar-refractivity contribution is 0.103. The Bertz CT molecular complexity index is 496. The van der Waals surface area contributed by atoms with Crippen molar-refractivity contribution in [2.24, 2.45) is 0 Å². The van der Waals surface area contributed by atoms with Gasteiger partial charge in [-0.3, -0.25) is 4.79 Å². The minimum atomic E-state index is -0.193. The van der Waals surface area contributed by atoms with E-state index in [1.165, 1.54) is 11.6 Å². The van der Waals surface area contributed by atoms with Gasteiger partial charge in [0.15, 0.2) is 5.78 Å². The van der Waals surface area contributed by atoms with Gasteiger partial charge in [-0.2, -0.15) is 0 Å². The molecular formula is C13H10FNO. The molecule has 0 fully saturated rings. The zero-order valence-electron chi connectivity index (χ0n) is 8.48. The van der Waals surface area contributed by atoms with E-state index in [2.05, 4.69) is 0 Å². The molecule has 0 radical (unpaired) electrons. The maximum atomic E-state index is 12.5. The summed E-state index contributed by atoms with van der Waals surface area (Å²) >= 11 is 0. The second-order valence-electron chi connectivity index (χ2n) is 3.34. The van der Waals surface area contributed by atoms with Crippen molar-refractivity contribution < 1.29 is 9.28 Å². The standard InChI is InChI=1S/C13H10FNO/c14-15-12-9-5-4-8-11(12)13(16)10-6-2-1-3-7-10/h1-9,15H. The molecule has 2 aromatic rings. The largest absolute Gasteiger partial charge is 0.289 e. The van der Waals surface area contributed by atoms with Gasteiger partial charge in [0.1, 0.15) is 0 Å². The Morgan fingerprint density at radius 1 is 0.938 bits per heavy atom. The summed E-state index contributed by atoms with van der Waals surface area (Å²) in [6, 6.07) is 15.3. The summed E-state index contributed by atoms with van der Waals surface area (Å²) in [4.78, 5) is 12.0. The number of nitrogens with one attached hydrogen (secondary N) is 1. The maximum Gasteiger partial charge on any atom is 0.195 e. The van der Waals surface area contributed by atoms with E-state index in [0.717, 1.165) is 0 Å². The first-order chi connectivity index (χ1) is 7.83. The highest BCUT2D eigenvalue weighted by Gasteiger charge is 2.12. The second kappa shape index (κ2) is 4.57. The molecule has 0 spiro atoms. The molecule has 0 amide bonds. The van der Waals surface area contributed by atoms with Crippen molar-refractivity contribution in [2.75, 3.05) is 5.54 Å². The number of carbonyl (C=O) groups excluding carboxylic acids is 1. The Labute approximate surface area is 92.7 Å². The number of carbonyl (C=O) groups is 1. The highest BCUT2D eigenvalue weighted by Crippen LogP contribution is 2.19. The summed E-state index contributed by atoms with van der Waals surface area (Å²) in [6.07, 6.45) is 0. The lowest BCUT2D eigenvalue weighted by atomic mass is 10.0. The Morgan fingerprint density at radius 3 is 2.25 bits per heavy atom. The van der Waals surface area contributed by atoms with Crippen molar-refractivity contribution in [3.63, 3.8) is 0 Å². The molecule has 2 nitrogen and oxygen atoms in total. The molecule has 80 valence electrons. The first-order valence-corrected chi connectivity index (χ1v) is 4.88. The highest BCUT2D eigenvalue weighted by atomic mass is 19.2. The first-order valence-electron chi connectivity index (χ1n) is 4.88. The number of benzene rings is 2.